The van der Waals surface area contributed by atoms with E-state index in [9.17, 15) is 0 Å². The molecule has 3 heteroatoms. The van der Waals surface area contributed by atoms with Crippen LogP contribution in [0.25, 0.3) is 76.8 Å². The summed E-state index contributed by atoms with van der Waals surface area (Å²) in [7, 11) is 0. The molecule has 0 saturated heterocycles. The Hall–Kier alpha value is -5.80. The van der Waals surface area contributed by atoms with Crippen molar-refractivity contribution in [1.29, 1.82) is 0 Å². The van der Waals surface area contributed by atoms with Gasteiger partial charge in [0, 0.05) is 43.5 Å². The summed E-state index contributed by atoms with van der Waals surface area (Å²) in [5.41, 5.74) is 10.4. The van der Waals surface area contributed by atoms with Crippen molar-refractivity contribution in [1.82, 2.24) is 9.13 Å². The fourth-order valence-electron chi connectivity index (χ4n) is 7.76. The fourth-order valence-corrected chi connectivity index (χ4v) is 7.76. The van der Waals surface area contributed by atoms with Crippen molar-refractivity contribution in [2.24, 2.45) is 0 Å². The molecule has 3 nitrogen and oxygen atoms in total. The van der Waals surface area contributed by atoms with Gasteiger partial charge in [-0.3, -0.25) is 0 Å². The lowest BCUT2D eigenvalue weighted by Gasteiger charge is -2.26. The second-order valence-corrected chi connectivity index (χ2v) is 12.0. The van der Waals surface area contributed by atoms with Gasteiger partial charge in [-0.25, -0.2) is 0 Å². The molecule has 0 amide bonds. The summed E-state index contributed by atoms with van der Waals surface area (Å²) >= 11 is 0. The zero-order chi connectivity index (χ0) is 29.5. The van der Waals surface area contributed by atoms with E-state index in [0.29, 0.717) is 0 Å². The van der Waals surface area contributed by atoms with Crippen LogP contribution in [0.1, 0.15) is 18.0 Å². The lowest BCUT2D eigenvalue weighted by Crippen LogP contribution is -2.12. The van der Waals surface area contributed by atoms with Crippen molar-refractivity contribution in [3.63, 3.8) is 0 Å². The van der Waals surface area contributed by atoms with Crippen molar-refractivity contribution in [3.8, 4) is 5.69 Å². The Balaban J connectivity index is 1.22. The number of aromatic nitrogens is 2. The quantitative estimate of drug-likeness (QED) is 0.205. The van der Waals surface area contributed by atoms with E-state index >= 15 is 0 Å². The van der Waals surface area contributed by atoms with Gasteiger partial charge in [0.1, 0.15) is 5.58 Å². The topological polar surface area (TPSA) is 23.0 Å². The van der Waals surface area contributed by atoms with E-state index < -0.39 is 0 Å². The predicted molar refractivity (Wildman–Crippen MR) is 188 cm³/mol. The number of nitrogens with zero attached hydrogens (tertiary/aromatic N) is 2. The average molecular weight is 577 g/mol. The van der Waals surface area contributed by atoms with E-state index in [-0.39, 0.29) is 6.04 Å². The number of furan rings is 1. The third-order valence-corrected chi connectivity index (χ3v) is 9.68. The lowest BCUT2D eigenvalue weighted by atomic mass is 9.91. The van der Waals surface area contributed by atoms with Gasteiger partial charge in [-0.1, -0.05) is 109 Å². The Bertz CT molecular complexity index is 2640. The summed E-state index contributed by atoms with van der Waals surface area (Å²) in [6.07, 6.45) is 7.71. The summed E-state index contributed by atoms with van der Waals surface area (Å²) in [5.74, 6) is 0. The van der Waals surface area contributed by atoms with Gasteiger partial charge < -0.3 is 13.6 Å². The Kier molecular flexibility index (Phi) is 5.11. The van der Waals surface area contributed by atoms with Crippen LogP contribution in [-0.2, 0) is 0 Å². The second-order valence-electron chi connectivity index (χ2n) is 12.0. The molecular weight excluding hydrogens is 548 g/mol. The third kappa shape index (κ3) is 3.46. The largest absolute Gasteiger partial charge is 0.454 e. The van der Waals surface area contributed by atoms with Crippen molar-refractivity contribution >= 4 is 71.1 Å². The van der Waals surface area contributed by atoms with Crippen LogP contribution in [0.15, 0.2) is 156 Å². The highest BCUT2D eigenvalue weighted by atomic mass is 16.3. The molecule has 3 aromatic heterocycles. The number of hydrogen-bond acceptors (Lipinski definition) is 1. The lowest BCUT2D eigenvalue weighted by molar-refractivity contribution is 0.646. The fraction of sp³-hybridized carbons (Fsp3) is 0.0476. The Morgan fingerprint density at radius 1 is 0.556 bits per heavy atom. The molecule has 0 bridgehead atoms. The molecule has 0 radical (unpaired) electrons. The molecule has 45 heavy (non-hydrogen) atoms. The molecular formula is C42H28N2O. The first kappa shape index (κ1) is 24.6. The van der Waals surface area contributed by atoms with Gasteiger partial charge in [0.05, 0.1) is 22.6 Å². The van der Waals surface area contributed by atoms with Crippen molar-refractivity contribution in [3.05, 3.63) is 157 Å². The van der Waals surface area contributed by atoms with Gasteiger partial charge in [-0.2, -0.15) is 0 Å². The minimum atomic E-state index is 0.101. The first-order valence-electron chi connectivity index (χ1n) is 15.6. The maximum absolute atomic E-state index is 6.66. The summed E-state index contributed by atoms with van der Waals surface area (Å²) in [4.78, 5) is 0. The molecule has 0 fully saturated rings. The van der Waals surface area contributed by atoms with E-state index in [0.717, 1.165) is 33.9 Å². The van der Waals surface area contributed by atoms with E-state index in [1.165, 1.54) is 54.9 Å². The van der Waals surface area contributed by atoms with Crippen molar-refractivity contribution in [2.45, 2.75) is 12.5 Å². The van der Waals surface area contributed by atoms with Crippen LogP contribution < -0.4 is 0 Å². The highest BCUT2D eigenvalue weighted by molar-refractivity contribution is 6.21. The standard InChI is InChI=1S/C42H28N2O/c1-6-19-36(44-39-22-9-4-17-32(39)34-24-25-35-33-18-5-10-23-40(33)45-42(35)41(34)44)29(14-1)27-12-11-13-28(26-27)43-37-20-7-2-15-30(37)31-16-3-8-21-38(31)43/h1-18,20-26,36H,19H2. The molecule has 3 heterocycles. The molecule has 1 aliphatic carbocycles. The monoisotopic (exact) mass is 576 g/mol. The molecule has 0 N–H and O–H groups in total. The Morgan fingerprint density at radius 3 is 1.98 bits per heavy atom. The maximum Gasteiger partial charge on any atom is 0.159 e. The van der Waals surface area contributed by atoms with Crippen molar-refractivity contribution < 1.29 is 4.42 Å². The van der Waals surface area contributed by atoms with Crippen LogP contribution >= 0.6 is 0 Å². The predicted octanol–water partition coefficient (Wildman–Crippen LogP) is 11.4. The van der Waals surface area contributed by atoms with Gasteiger partial charge >= 0.3 is 0 Å². The van der Waals surface area contributed by atoms with E-state index in [1.54, 1.807) is 0 Å². The van der Waals surface area contributed by atoms with Gasteiger partial charge in [0.2, 0.25) is 0 Å². The normalized spacial score (nSPS) is 15.3. The molecule has 1 aliphatic rings. The van der Waals surface area contributed by atoms with Crippen LogP contribution in [0.4, 0.5) is 0 Å². The number of para-hydroxylation sites is 4. The van der Waals surface area contributed by atoms with E-state index in [4.69, 9.17) is 4.42 Å². The molecule has 6 aromatic carbocycles. The SMILES string of the molecule is C1=CCC(n2c3ccccc3c3ccc4c5ccccc5oc4c32)C(c2cccc(-n3c4ccccc4c4ccccc43)c2)=C1. The average Bonchev–Trinajstić information content (AvgIpc) is 3.76. The minimum Gasteiger partial charge on any atom is -0.454 e. The zero-order valence-electron chi connectivity index (χ0n) is 24.5. The van der Waals surface area contributed by atoms with Crippen LogP contribution in [-0.4, -0.2) is 9.13 Å². The summed E-state index contributed by atoms with van der Waals surface area (Å²) < 4.78 is 11.6. The maximum atomic E-state index is 6.66. The van der Waals surface area contributed by atoms with Gasteiger partial charge in [-0.15, -0.1) is 0 Å². The van der Waals surface area contributed by atoms with Crippen molar-refractivity contribution in [2.75, 3.05) is 0 Å². The molecule has 1 atom stereocenters. The first-order chi connectivity index (χ1) is 22.3. The highest BCUT2D eigenvalue weighted by Gasteiger charge is 2.26. The van der Waals surface area contributed by atoms with E-state index in [1.807, 2.05) is 6.07 Å². The molecule has 10 rings (SSSR count). The molecule has 0 saturated carbocycles. The van der Waals surface area contributed by atoms with E-state index in [2.05, 4.69) is 155 Å². The summed E-state index contributed by atoms with van der Waals surface area (Å²) in [5, 5.41) is 7.34. The Morgan fingerprint density at radius 2 is 1.20 bits per heavy atom. The van der Waals surface area contributed by atoms with Gasteiger partial charge in [-0.05, 0) is 60.0 Å². The molecule has 0 aliphatic heterocycles. The number of benzene rings is 6. The second kappa shape index (κ2) is 9.35. The zero-order valence-corrected chi connectivity index (χ0v) is 24.5. The number of fused-ring (bicyclic) bond motifs is 10. The summed E-state index contributed by atoms with van der Waals surface area (Å²) in [6.45, 7) is 0. The first-order valence-corrected chi connectivity index (χ1v) is 15.6. The minimum absolute atomic E-state index is 0.101. The molecule has 9 aromatic rings. The summed E-state index contributed by atoms with van der Waals surface area (Å²) in [6, 6.07) is 48.3. The number of rotatable bonds is 3. The van der Waals surface area contributed by atoms with Crippen LogP contribution in [0.2, 0.25) is 0 Å². The molecule has 0 spiro atoms. The Labute approximate surface area is 259 Å². The number of hydrogen-bond donors (Lipinski definition) is 0. The van der Waals surface area contributed by atoms with Crippen LogP contribution in [0.5, 0.6) is 0 Å². The molecule has 1 unspecified atom stereocenters. The highest BCUT2D eigenvalue weighted by Crippen LogP contribution is 2.45. The molecule has 212 valence electrons. The third-order valence-electron chi connectivity index (χ3n) is 9.68. The van der Waals surface area contributed by atoms with Crippen LogP contribution in [0, 0.1) is 0 Å². The van der Waals surface area contributed by atoms with Crippen LogP contribution in [0.3, 0.4) is 0 Å². The van der Waals surface area contributed by atoms with Gasteiger partial charge in [0.25, 0.3) is 0 Å². The number of allylic oxidation sites excluding steroid dienone is 4. The smallest absolute Gasteiger partial charge is 0.159 e. The van der Waals surface area contributed by atoms with Gasteiger partial charge in [0.15, 0.2) is 5.58 Å².